The third-order valence-electron chi connectivity index (χ3n) is 2.64. The SMILES string of the molecule is O=C(NN=Cc1c(O)[nH]c(=O)[nH]c1=O)c1cccc([N+](=O)[O-])c1. The van der Waals surface area contributed by atoms with Crippen LogP contribution in [0.4, 0.5) is 5.69 Å². The number of rotatable bonds is 4. The summed E-state index contributed by atoms with van der Waals surface area (Å²) in [7, 11) is 0. The molecular weight excluding hydrogens is 310 g/mol. The number of aromatic amines is 2. The lowest BCUT2D eigenvalue weighted by molar-refractivity contribution is -0.384. The van der Waals surface area contributed by atoms with Gasteiger partial charge in [0.2, 0.25) is 5.88 Å². The third-order valence-corrected chi connectivity index (χ3v) is 2.64. The summed E-state index contributed by atoms with van der Waals surface area (Å²) in [5.41, 5.74) is -0.423. The fraction of sp³-hybridized carbons (Fsp3) is 0. The average Bonchev–Trinajstić information content (AvgIpc) is 2.49. The van der Waals surface area contributed by atoms with Crippen LogP contribution in [-0.2, 0) is 0 Å². The van der Waals surface area contributed by atoms with Crippen molar-refractivity contribution in [2.45, 2.75) is 0 Å². The van der Waals surface area contributed by atoms with Crippen molar-refractivity contribution >= 4 is 17.8 Å². The normalized spacial score (nSPS) is 10.6. The molecule has 1 aromatic carbocycles. The molecule has 0 spiro atoms. The highest BCUT2D eigenvalue weighted by Crippen LogP contribution is 2.12. The van der Waals surface area contributed by atoms with Crippen molar-refractivity contribution in [2.24, 2.45) is 5.10 Å². The van der Waals surface area contributed by atoms with E-state index in [1.807, 2.05) is 15.4 Å². The molecule has 0 saturated carbocycles. The van der Waals surface area contributed by atoms with Gasteiger partial charge in [-0.05, 0) is 6.07 Å². The zero-order valence-corrected chi connectivity index (χ0v) is 11.3. The predicted molar refractivity (Wildman–Crippen MR) is 77.5 cm³/mol. The van der Waals surface area contributed by atoms with Gasteiger partial charge in [0, 0.05) is 17.7 Å². The summed E-state index contributed by atoms with van der Waals surface area (Å²) in [6.07, 6.45) is 0.819. The summed E-state index contributed by atoms with van der Waals surface area (Å²) in [6, 6.07) is 4.93. The van der Waals surface area contributed by atoms with Crippen LogP contribution in [0.25, 0.3) is 0 Å². The minimum atomic E-state index is -0.903. The number of nitrogens with one attached hydrogen (secondary N) is 3. The second-order valence-corrected chi connectivity index (χ2v) is 4.18. The van der Waals surface area contributed by atoms with Crippen LogP contribution >= 0.6 is 0 Å². The van der Waals surface area contributed by atoms with E-state index in [1.165, 1.54) is 18.2 Å². The standard InChI is InChI=1S/C12H9N5O6/c18-9(6-2-1-3-7(4-6)17(22)23)16-13-5-8-10(19)14-12(21)15-11(8)20/h1-5H,(H,16,18)(H3,14,15,19,20,21). The number of nitro benzene ring substituents is 1. The van der Waals surface area contributed by atoms with Crippen molar-refractivity contribution in [2.75, 3.05) is 0 Å². The first-order valence-electron chi connectivity index (χ1n) is 6.02. The van der Waals surface area contributed by atoms with E-state index < -0.39 is 28.0 Å². The molecule has 0 aliphatic heterocycles. The van der Waals surface area contributed by atoms with Gasteiger partial charge in [-0.3, -0.25) is 29.7 Å². The van der Waals surface area contributed by atoms with Gasteiger partial charge >= 0.3 is 5.69 Å². The number of non-ortho nitro benzene ring substituents is 1. The van der Waals surface area contributed by atoms with Gasteiger partial charge in [-0.25, -0.2) is 10.2 Å². The highest BCUT2D eigenvalue weighted by Gasteiger charge is 2.11. The lowest BCUT2D eigenvalue weighted by Gasteiger charge is -2.00. The number of nitrogens with zero attached hydrogens (tertiary/aromatic N) is 2. The monoisotopic (exact) mass is 319 g/mol. The van der Waals surface area contributed by atoms with Gasteiger partial charge in [0.05, 0.1) is 11.1 Å². The van der Waals surface area contributed by atoms with Crippen molar-refractivity contribution in [1.29, 1.82) is 0 Å². The second-order valence-electron chi connectivity index (χ2n) is 4.18. The number of hydrogen-bond acceptors (Lipinski definition) is 7. The molecule has 0 unspecified atom stereocenters. The van der Waals surface area contributed by atoms with E-state index in [9.17, 15) is 29.6 Å². The molecule has 1 heterocycles. The Balaban J connectivity index is 2.16. The highest BCUT2D eigenvalue weighted by atomic mass is 16.6. The van der Waals surface area contributed by atoms with Crippen LogP contribution < -0.4 is 16.7 Å². The molecule has 0 bridgehead atoms. The maximum atomic E-state index is 11.8. The van der Waals surface area contributed by atoms with Gasteiger partial charge < -0.3 is 5.11 Å². The minimum Gasteiger partial charge on any atom is -0.494 e. The molecular formula is C12H9N5O6. The summed E-state index contributed by atoms with van der Waals surface area (Å²) < 4.78 is 0. The Morgan fingerprint density at radius 2 is 2.09 bits per heavy atom. The molecule has 23 heavy (non-hydrogen) atoms. The summed E-state index contributed by atoms with van der Waals surface area (Å²) in [5, 5.41) is 23.5. The molecule has 118 valence electrons. The molecule has 11 heteroatoms. The molecule has 0 saturated heterocycles. The summed E-state index contributed by atoms with van der Waals surface area (Å²) in [6.45, 7) is 0. The Morgan fingerprint density at radius 3 is 2.74 bits per heavy atom. The van der Waals surface area contributed by atoms with Crippen LogP contribution in [0.3, 0.4) is 0 Å². The average molecular weight is 319 g/mol. The molecule has 0 fully saturated rings. The van der Waals surface area contributed by atoms with Gasteiger partial charge in [-0.1, -0.05) is 6.07 Å². The van der Waals surface area contributed by atoms with Crippen LogP contribution in [0.15, 0.2) is 39.0 Å². The maximum Gasteiger partial charge on any atom is 0.328 e. The number of benzene rings is 1. The Hall–Kier alpha value is -3.76. The van der Waals surface area contributed by atoms with E-state index >= 15 is 0 Å². The number of hydrazone groups is 1. The van der Waals surface area contributed by atoms with Crippen molar-refractivity contribution < 1.29 is 14.8 Å². The molecule has 11 nitrogen and oxygen atoms in total. The zero-order chi connectivity index (χ0) is 17.0. The van der Waals surface area contributed by atoms with E-state index in [1.54, 1.807) is 0 Å². The number of nitro groups is 1. The van der Waals surface area contributed by atoms with E-state index in [4.69, 9.17) is 0 Å². The molecule has 0 atom stereocenters. The Kier molecular flexibility index (Phi) is 4.31. The van der Waals surface area contributed by atoms with Gasteiger partial charge in [0.1, 0.15) is 5.56 Å². The van der Waals surface area contributed by atoms with E-state index in [2.05, 4.69) is 5.10 Å². The smallest absolute Gasteiger partial charge is 0.328 e. The van der Waals surface area contributed by atoms with Crippen LogP contribution in [0.1, 0.15) is 15.9 Å². The van der Waals surface area contributed by atoms with E-state index in [-0.39, 0.29) is 16.8 Å². The number of amides is 1. The second kappa shape index (κ2) is 6.34. The van der Waals surface area contributed by atoms with E-state index in [0.717, 1.165) is 12.3 Å². The van der Waals surface area contributed by atoms with Crippen molar-refractivity contribution in [3.05, 3.63) is 66.3 Å². The fourth-order valence-electron chi connectivity index (χ4n) is 1.58. The lowest BCUT2D eigenvalue weighted by atomic mass is 10.2. The highest BCUT2D eigenvalue weighted by molar-refractivity contribution is 5.95. The number of carbonyl (C=O) groups is 1. The summed E-state index contributed by atoms with van der Waals surface area (Å²) >= 11 is 0. The van der Waals surface area contributed by atoms with E-state index in [0.29, 0.717) is 0 Å². The van der Waals surface area contributed by atoms with Gasteiger partial charge in [-0.2, -0.15) is 5.10 Å². The van der Waals surface area contributed by atoms with Crippen LogP contribution in [-0.4, -0.2) is 32.1 Å². The maximum absolute atomic E-state index is 11.8. The fourth-order valence-corrected chi connectivity index (χ4v) is 1.58. The molecule has 0 radical (unpaired) electrons. The topological polar surface area (TPSA) is 171 Å². The molecule has 2 rings (SSSR count). The van der Waals surface area contributed by atoms with Crippen molar-refractivity contribution in [3.8, 4) is 5.88 Å². The molecule has 1 aromatic heterocycles. The zero-order valence-electron chi connectivity index (χ0n) is 11.3. The lowest BCUT2D eigenvalue weighted by Crippen LogP contribution is -2.25. The Morgan fingerprint density at radius 1 is 1.35 bits per heavy atom. The van der Waals surface area contributed by atoms with Gasteiger partial charge in [0.25, 0.3) is 17.2 Å². The summed E-state index contributed by atoms with van der Waals surface area (Å²) in [5.74, 6) is -1.47. The first-order valence-corrected chi connectivity index (χ1v) is 6.02. The number of aromatic nitrogens is 2. The van der Waals surface area contributed by atoms with Crippen molar-refractivity contribution in [3.63, 3.8) is 0 Å². The summed E-state index contributed by atoms with van der Waals surface area (Å²) in [4.78, 5) is 47.8. The number of aromatic hydroxyl groups is 1. The Bertz CT molecular complexity index is 913. The predicted octanol–water partition coefficient (Wildman–Crippen LogP) is -0.559. The van der Waals surface area contributed by atoms with Gasteiger partial charge in [0.15, 0.2) is 0 Å². The molecule has 1 amide bonds. The quantitative estimate of drug-likeness (QED) is 0.334. The molecule has 2 aromatic rings. The molecule has 0 aliphatic carbocycles. The number of hydrogen-bond donors (Lipinski definition) is 4. The first-order chi connectivity index (χ1) is 10.9. The number of H-pyrrole nitrogens is 2. The molecule has 0 aliphatic rings. The van der Waals surface area contributed by atoms with Crippen LogP contribution in [0.2, 0.25) is 0 Å². The third kappa shape index (κ3) is 3.66. The van der Waals surface area contributed by atoms with Crippen LogP contribution in [0.5, 0.6) is 5.88 Å². The first kappa shape index (κ1) is 15.6. The molecule has 4 N–H and O–H groups in total. The number of carbonyl (C=O) groups excluding carboxylic acids is 1. The van der Waals surface area contributed by atoms with Gasteiger partial charge in [-0.15, -0.1) is 0 Å². The van der Waals surface area contributed by atoms with Crippen molar-refractivity contribution in [1.82, 2.24) is 15.4 Å². The largest absolute Gasteiger partial charge is 0.494 e. The Labute approximate surface area is 126 Å². The van der Waals surface area contributed by atoms with Crippen LogP contribution in [0, 0.1) is 10.1 Å². The minimum absolute atomic E-state index is 0.0176.